The van der Waals surface area contributed by atoms with E-state index in [1.807, 2.05) is 49.4 Å². The van der Waals surface area contributed by atoms with Crippen LogP contribution in [-0.2, 0) is 4.79 Å². The van der Waals surface area contributed by atoms with Gasteiger partial charge >= 0.3 is 0 Å². The molecule has 0 aliphatic heterocycles. The SMILES string of the molecule is Cc1cccc(NC(=O)c2ccccc2NC(=O)C23C[C@H]4C[C@@H](CC(Br)(C4)C2)C3)c1. The molecule has 0 radical (unpaired) electrons. The Kier molecular flexibility index (Phi) is 4.77. The van der Waals surface area contributed by atoms with Crippen molar-refractivity contribution in [2.24, 2.45) is 17.3 Å². The van der Waals surface area contributed by atoms with Crippen LogP contribution in [0.15, 0.2) is 48.5 Å². The minimum absolute atomic E-state index is 0.0798. The van der Waals surface area contributed by atoms with Gasteiger partial charge in [0.2, 0.25) is 5.91 Å². The summed E-state index contributed by atoms with van der Waals surface area (Å²) in [6.45, 7) is 1.99. The Morgan fingerprint density at radius 1 is 0.967 bits per heavy atom. The van der Waals surface area contributed by atoms with E-state index in [1.165, 1.54) is 19.3 Å². The summed E-state index contributed by atoms with van der Waals surface area (Å²) in [5, 5.41) is 6.10. The fourth-order valence-electron chi connectivity index (χ4n) is 6.38. The van der Waals surface area contributed by atoms with Gasteiger partial charge in [-0.2, -0.15) is 0 Å². The highest BCUT2D eigenvalue weighted by Crippen LogP contribution is 2.64. The maximum atomic E-state index is 13.5. The first kappa shape index (κ1) is 19.8. The predicted molar refractivity (Wildman–Crippen MR) is 123 cm³/mol. The Hall–Kier alpha value is -2.14. The summed E-state index contributed by atoms with van der Waals surface area (Å²) in [5.41, 5.74) is 2.61. The number of hydrogen-bond donors (Lipinski definition) is 2. The number of nitrogens with one attached hydrogen (secondary N) is 2. The predicted octanol–water partition coefficient (Wildman–Crippen LogP) is 5.92. The van der Waals surface area contributed by atoms with Gasteiger partial charge in [-0.25, -0.2) is 0 Å². The molecule has 0 aromatic heterocycles. The normalized spacial score (nSPS) is 31.4. The molecular weight excluding hydrogens is 440 g/mol. The van der Waals surface area contributed by atoms with Crippen LogP contribution in [0.5, 0.6) is 0 Å². The van der Waals surface area contributed by atoms with Gasteiger partial charge in [-0.1, -0.05) is 40.2 Å². The summed E-state index contributed by atoms with van der Waals surface area (Å²) in [6.07, 6.45) is 6.48. The van der Waals surface area contributed by atoms with Crippen LogP contribution in [0.4, 0.5) is 11.4 Å². The van der Waals surface area contributed by atoms with Crippen LogP contribution >= 0.6 is 15.9 Å². The van der Waals surface area contributed by atoms with Crippen molar-refractivity contribution in [2.75, 3.05) is 10.6 Å². The average molecular weight is 467 g/mol. The molecule has 30 heavy (non-hydrogen) atoms. The number of anilines is 2. The fraction of sp³-hybridized carbons (Fsp3) is 0.440. The van der Waals surface area contributed by atoms with Gasteiger partial charge in [-0.15, -0.1) is 0 Å². The summed E-state index contributed by atoms with van der Waals surface area (Å²) in [7, 11) is 0. The quantitative estimate of drug-likeness (QED) is 0.549. The lowest BCUT2D eigenvalue weighted by atomic mass is 9.49. The average Bonchev–Trinajstić information content (AvgIpc) is 2.66. The minimum Gasteiger partial charge on any atom is -0.325 e. The van der Waals surface area contributed by atoms with Crippen molar-refractivity contribution in [3.05, 3.63) is 59.7 Å². The largest absolute Gasteiger partial charge is 0.325 e. The zero-order valence-electron chi connectivity index (χ0n) is 17.2. The number of hydrogen-bond acceptors (Lipinski definition) is 2. The third-order valence-electron chi connectivity index (χ3n) is 7.17. The lowest BCUT2D eigenvalue weighted by Crippen LogP contribution is -2.57. The molecule has 0 unspecified atom stereocenters. The molecule has 156 valence electrons. The molecule has 2 N–H and O–H groups in total. The molecule has 2 atom stereocenters. The highest BCUT2D eigenvalue weighted by molar-refractivity contribution is 9.10. The first-order chi connectivity index (χ1) is 14.3. The van der Waals surface area contributed by atoms with Crippen molar-refractivity contribution in [1.29, 1.82) is 0 Å². The standard InChI is InChI=1S/C25H27BrN2O2/c1-16-5-4-6-19(9-16)27-22(29)20-7-2-3-8-21(20)28-23(30)24-11-17-10-18(12-24)14-25(26,13-17)15-24/h2-9,17-18H,10-15H2,1H3,(H,27,29)(H,28,30)/t17-,18-,24?,25?/m1/s1. The van der Waals surface area contributed by atoms with E-state index in [1.54, 1.807) is 6.07 Å². The van der Waals surface area contributed by atoms with Gasteiger partial charge < -0.3 is 10.6 Å². The molecule has 4 saturated carbocycles. The molecule has 4 nitrogen and oxygen atoms in total. The van der Waals surface area contributed by atoms with Gasteiger partial charge in [0.15, 0.2) is 0 Å². The van der Waals surface area contributed by atoms with Crippen LogP contribution in [0, 0.1) is 24.2 Å². The maximum Gasteiger partial charge on any atom is 0.257 e. The number of benzene rings is 2. The second-order valence-corrected chi connectivity index (χ2v) is 11.4. The number of carbonyl (C=O) groups excluding carboxylic acids is 2. The topological polar surface area (TPSA) is 58.2 Å². The van der Waals surface area contributed by atoms with Gasteiger partial charge in [0.1, 0.15) is 0 Å². The monoisotopic (exact) mass is 466 g/mol. The molecule has 6 rings (SSSR count). The molecule has 0 saturated heterocycles. The molecule has 2 aromatic carbocycles. The van der Waals surface area contributed by atoms with Crippen molar-refractivity contribution in [3.63, 3.8) is 0 Å². The van der Waals surface area contributed by atoms with E-state index in [-0.39, 0.29) is 21.6 Å². The number of alkyl halides is 1. The summed E-state index contributed by atoms with van der Waals surface area (Å²) >= 11 is 3.98. The Balaban J connectivity index is 1.37. The van der Waals surface area contributed by atoms with Crippen molar-refractivity contribution >= 4 is 39.1 Å². The summed E-state index contributed by atoms with van der Waals surface area (Å²) in [4.78, 5) is 26.5. The highest BCUT2D eigenvalue weighted by atomic mass is 79.9. The van der Waals surface area contributed by atoms with Crippen molar-refractivity contribution in [2.45, 2.75) is 49.8 Å². The van der Waals surface area contributed by atoms with Gasteiger partial charge in [0.05, 0.1) is 16.7 Å². The number of amides is 2. The van der Waals surface area contributed by atoms with Crippen LogP contribution in [0.25, 0.3) is 0 Å². The molecule has 2 aromatic rings. The Bertz CT molecular complexity index is 1000. The lowest BCUT2D eigenvalue weighted by molar-refractivity contribution is -0.138. The second-order valence-electron chi connectivity index (χ2n) is 9.72. The molecule has 5 heteroatoms. The number of para-hydroxylation sites is 1. The van der Waals surface area contributed by atoms with Crippen molar-refractivity contribution in [3.8, 4) is 0 Å². The highest BCUT2D eigenvalue weighted by Gasteiger charge is 2.59. The zero-order valence-corrected chi connectivity index (χ0v) is 18.8. The van der Waals surface area contributed by atoms with Crippen LogP contribution < -0.4 is 10.6 Å². The molecule has 4 fully saturated rings. The van der Waals surface area contributed by atoms with E-state index in [9.17, 15) is 9.59 Å². The number of rotatable bonds is 4. The summed E-state index contributed by atoms with van der Waals surface area (Å²) < 4.78 is 0.122. The van der Waals surface area contributed by atoms with Crippen LogP contribution in [0.3, 0.4) is 0 Å². The van der Waals surface area contributed by atoms with E-state index in [4.69, 9.17) is 0 Å². The maximum absolute atomic E-state index is 13.5. The van der Waals surface area contributed by atoms with Gasteiger partial charge in [-0.05, 0) is 87.1 Å². The first-order valence-electron chi connectivity index (χ1n) is 10.8. The summed E-state index contributed by atoms with van der Waals surface area (Å²) in [6, 6.07) is 15.0. The van der Waals surface area contributed by atoms with Gasteiger partial charge in [0.25, 0.3) is 5.91 Å². The van der Waals surface area contributed by atoms with Crippen LogP contribution in [0.1, 0.15) is 54.4 Å². The van der Waals surface area contributed by atoms with E-state index in [0.717, 1.165) is 30.5 Å². The molecule has 0 spiro atoms. The molecular formula is C25H27BrN2O2. The zero-order chi connectivity index (χ0) is 20.9. The Morgan fingerprint density at radius 3 is 2.40 bits per heavy atom. The van der Waals surface area contributed by atoms with Crippen molar-refractivity contribution in [1.82, 2.24) is 0 Å². The molecule has 4 aliphatic carbocycles. The Labute approximate surface area is 186 Å². The smallest absolute Gasteiger partial charge is 0.257 e. The van der Waals surface area contributed by atoms with Crippen molar-refractivity contribution < 1.29 is 9.59 Å². The van der Waals surface area contributed by atoms with E-state index >= 15 is 0 Å². The van der Waals surface area contributed by atoms with Crippen LogP contribution in [0.2, 0.25) is 0 Å². The molecule has 4 aliphatic rings. The molecule has 0 heterocycles. The third-order valence-corrected chi connectivity index (χ3v) is 8.10. The molecule has 4 bridgehead atoms. The second kappa shape index (κ2) is 7.23. The first-order valence-corrected chi connectivity index (χ1v) is 11.6. The summed E-state index contributed by atoms with van der Waals surface area (Å²) in [5.74, 6) is 1.14. The molecule has 2 amide bonds. The third kappa shape index (κ3) is 3.58. The van der Waals surface area contributed by atoms with E-state index in [2.05, 4.69) is 26.6 Å². The Morgan fingerprint density at radius 2 is 1.70 bits per heavy atom. The lowest BCUT2D eigenvalue weighted by Gasteiger charge is -2.59. The number of carbonyl (C=O) groups is 2. The fourth-order valence-corrected chi connectivity index (χ4v) is 7.84. The van der Waals surface area contributed by atoms with E-state index in [0.29, 0.717) is 23.1 Å². The number of halogens is 1. The van der Waals surface area contributed by atoms with Crippen LogP contribution in [-0.4, -0.2) is 16.1 Å². The van der Waals surface area contributed by atoms with E-state index < -0.39 is 0 Å². The minimum atomic E-state index is -0.312. The van der Waals surface area contributed by atoms with Gasteiger partial charge in [-0.3, -0.25) is 9.59 Å². The van der Waals surface area contributed by atoms with Gasteiger partial charge in [0, 0.05) is 10.0 Å². The number of aryl methyl sites for hydroxylation is 1.